The fourth-order valence-electron chi connectivity index (χ4n) is 1.37. The molecule has 0 amide bonds. The van der Waals surface area contributed by atoms with E-state index < -0.39 is 9.84 Å². The lowest BCUT2D eigenvalue weighted by Crippen LogP contribution is -2.18. The molecule has 0 fully saturated rings. The van der Waals surface area contributed by atoms with Crippen LogP contribution < -0.4 is 5.32 Å². The Morgan fingerprint density at radius 3 is 2.44 bits per heavy atom. The number of hydrogen-bond acceptors (Lipinski definition) is 3. The van der Waals surface area contributed by atoms with Crippen LogP contribution in [0.1, 0.15) is 19.8 Å². The lowest BCUT2D eigenvalue weighted by Gasteiger charge is -2.06. The van der Waals surface area contributed by atoms with Gasteiger partial charge in [0.05, 0.1) is 11.5 Å². The van der Waals surface area contributed by atoms with Crippen molar-refractivity contribution < 1.29 is 8.42 Å². The van der Waals surface area contributed by atoms with Gasteiger partial charge < -0.3 is 5.32 Å². The van der Waals surface area contributed by atoms with Gasteiger partial charge in [-0.3, -0.25) is 0 Å². The predicted molar refractivity (Wildman–Crippen MR) is 68.5 cm³/mol. The summed E-state index contributed by atoms with van der Waals surface area (Å²) in [5, 5.41) is 3.10. The lowest BCUT2D eigenvalue weighted by atomic mass is 10.3. The fourth-order valence-corrected chi connectivity index (χ4v) is 2.72. The van der Waals surface area contributed by atoms with E-state index in [1.165, 1.54) is 0 Å². The van der Waals surface area contributed by atoms with Gasteiger partial charge in [-0.05, 0) is 18.6 Å². The van der Waals surface area contributed by atoms with E-state index in [1.54, 1.807) is 0 Å². The molecule has 0 atom stereocenters. The molecule has 0 aliphatic heterocycles. The molecule has 0 radical (unpaired) electrons. The van der Waals surface area contributed by atoms with Crippen LogP contribution >= 0.6 is 0 Å². The smallest absolute Gasteiger partial charge is 0.152 e. The van der Waals surface area contributed by atoms with Gasteiger partial charge >= 0.3 is 0 Å². The van der Waals surface area contributed by atoms with Crippen molar-refractivity contribution >= 4 is 15.5 Å². The van der Waals surface area contributed by atoms with Crippen molar-refractivity contribution in [2.24, 2.45) is 0 Å². The minimum Gasteiger partial charge on any atom is -0.384 e. The molecule has 1 rings (SSSR count). The highest BCUT2D eigenvalue weighted by atomic mass is 32.2. The number of anilines is 1. The summed E-state index contributed by atoms with van der Waals surface area (Å²) in [5.41, 5.74) is 0.966. The first-order chi connectivity index (χ1) is 7.64. The number of nitrogens with one attached hydrogen (secondary N) is 1. The molecule has 0 spiro atoms. The third-order valence-electron chi connectivity index (χ3n) is 2.32. The second-order valence-corrected chi connectivity index (χ2v) is 6.10. The minimum absolute atomic E-state index is 0.210. The van der Waals surface area contributed by atoms with Crippen LogP contribution in [0.4, 0.5) is 5.69 Å². The average molecular weight is 241 g/mol. The minimum atomic E-state index is -2.88. The van der Waals surface area contributed by atoms with Crippen molar-refractivity contribution in [1.29, 1.82) is 0 Å². The van der Waals surface area contributed by atoms with Gasteiger partial charge in [-0.15, -0.1) is 0 Å². The maximum atomic E-state index is 11.5. The van der Waals surface area contributed by atoms with Crippen molar-refractivity contribution in [1.82, 2.24) is 0 Å². The van der Waals surface area contributed by atoms with E-state index in [0.29, 0.717) is 12.3 Å². The summed E-state index contributed by atoms with van der Waals surface area (Å²) in [7, 11) is -2.88. The summed E-state index contributed by atoms with van der Waals surface area (Å²) >= 11 is 0. The molecule has 1 aromatic rings. The first kappa shape index (κ1) is 13.0. The molecule has 4 heteroatoms. The lowest BCUT2D eigenvalue weighted by molar-refractivity contribution is 0.593. The van der Waals surface area contributed by atoms with Crippen LogP contribution in [0, 0.1) is 0 Å². The SMILES string of the molecule is CCCCS(=O)(=O)CCNc1ccccc1. The Morgan fingerprint density at radius 2 is 1.81 bits per heavy atom. The predicted octanol–water partition coefficient (Wildman–Crippen LogP) is 2.31. The van der Waals surface area contributed by atoms with Crippen molar-refractivity contribution in [3.05, 3.63) is 30.3 Å². The summed E-state index contributed by atoms with van der Waals surface area (Å²) in [6, 6.07) is 9.64. The highest BCUT2D eigenvalue weighted by molar-refractivity contribution is 7.91. The van der Waals surface area contributed by atoms with E-state index in [-0.39, 0.29) is 5.75 Å². The Labute approximate surface area is 97.8 Å². The molecule has 0 heterocycles. The van der Waals surface area contributed by atoms with Gasteiger partial charge in [0.2, 0.25) is 0 Å². The van der Waals surface area contributed by atoms with Gasteiger partial charge in [-0.25, -0.2) is 8.42 Å². The molecule has 0 saturated carbocycles. The van der Waals surface area contributed by atoms with Crippen LogP contribution in [0.5, 0.6) is 0 Å². The van der Waals surface area contributed by atoms with Crippen molar-refractivity contribution in [2.75, 3.05) is 23.4 Å². The molecule has 0 unspecified atom stereocenters. The van der Waals surface area contributed by atoms with E-state index >= 15 is 0 Å². The topological polar surface area (TPSA) is 46.2 Å². The van der Waals surface area contributed by atoms with E-state index in [4.69, 9.17) is 0 Å². The number of hydrogen-bond donors (Lipinski definition) is 1. The Hall–Kier alpha value is -1.03. The third-order valence-corrected chi connectivity index (χ3v) is 4.06. The quantitative estimate of drug-likeness (QED) is 0.797. The largest absolute Gasteiger partial charge is 0.384 e. The molecule has 0 saturated heterocycles. The summed E-state index contributed by atoms with van der Waals surface area (Å²) in [4.78, 5) is 0. The highest BCUT2D eigenvalue weighted by Crippen LogP contribution is 2.04. The first-order valence-corrected chi connectivity index (χ1v) is 7.45. The van der Waals surface area contributed by atoms with E-state index in [9.17, 15) is 8.42 Å². The number of unbranched alkanes of at least 4 members (excludes halogenated alkanes) is 1. The van der Waals surface area contributed by atoms with E-state index in [1.807, 2.05) is 37.3 Å². The van der Waals surface area contributed by atoms with Crippen LogP contribution in [-0.2, 0) is 9.84 Å². The Bertz CT molecular complexity index is 387. The molecule has 90 valence electrons. The van der Waals surface area contributed by atoms with Crippen LogP contribution in [-0.4, -0.2) is 26.5 Å². The Kier molecular flexibility index (Phi) is 5.32. The average Bonchev–Trinajstić information content (AvgIpc) is 2.28. The van der Waals surface area contributed by atoms with Gasteiger partial charge in [0.1, 0.15) is 0 Å². The van der Waals surface area contributed by atoms with Gasteiger partial charge in [-0.1, -0.05) is 31.5 Å². The zero-order valence-electron chi connectivity index (χ0n) is 9.65. The standard InChI is InChI=1S/C12H19NO2S/c1-2-3-10-16(14,15)11-9-13-12-7-5-4-6-8-12/h4-8,13H,2-3,9-11H2,1H3. The molecule has 0 bridgehead atoms. The molecule has 0 aliphatic rings. The summed E-state index contributed by atoms with van der Waals surface area (Å²) in [5.74, 6) is 0.516. The second kappa shape index (κ2) is 6.53. The summed E-state index contributed by atoms with van der Waals surface area (Å²) in [6.45, 7) is 2.48. The maximum absolute atomic E-state index is 11.5. The van der Waals surface area contributed by atoms with Crippen LogP contribution in [0.3, 0.4) is 0 Å². The van der Waals surface area contributed by atoms with E-state index in [2.05, 4.69) is 5.32 Å². The van der Waals surface area contributed by atoms with Crippen LogP contribution in [0.15, 0.2) is 30.3 Å². The molecule has 1 aromatic carbocycles. The normalized spacial score (nSPS) is 11.3. The molecule has 16 heavy (non-hydrogen) atoms. The monoisotopic (exact) mass is 241 g/mol. The van der Waals surface area contributed by atoms with Crippen LogP contribution in [0.25, 0.3) is 0 Å². The van der Waals surface area contributed by atoms with Crippen molar-refractivity contribution in [3.8, 4) is 0 Å². The Balaban J connectivity index is 2.30. The molecule has 3 nitrogen and oxygen atoms in total. The molecular weight excluding hydrogens is 222 g/mol. The van der Waals surface area contributed by atoms with Gasteiger partial charge in [-0.2, -0.15) is 0 Å². The Morgan fingerprint density at radius 1 is 1.12 bits per heavy atom. The van der Waals surface area contributed by atoms with E-state index in [0.717, 1.165) is 18.5 Å². The third kappa shape index (κ3) is 5.16. The number of para-hydroxylation sites is 1. The van der Waals surface area contributed by atoms with Crippen molar-refractivity contribution in [3.63, 3.8) is 0 Å². The van der Waals surface area contributed by atoms with Crippen molar-refractivity contribution in [2.45, 2.75) is 19.8 Å². The molecule has 0 aromatic heterocycles. The maximum Gasteiger partial charge on any atom is 0.152 e. The van der Waals surface area contributed by atoms with Gasteiger partial charge in [0.25, 0.3) is 0 Å². The number of rotatable bonds is 7. The molecule has 1 N–H and O–H groups in total. The van der Waals surface area contributed by atoms with Crippen LogP contribution in [0.2, 0.25) is 0 Å². The summed E-state index contributed by atoms with van der Waals surface area (Å²) < 4.78 is 23.1. The van der Waals surface area contributed by atoms with Gasteiger partial charge in [0.15, 0.2) is 9.84 Å². The fraction of sp³-hybridized carbons (Fsp3) is 0.500. The highest BCUT2D eigenvalue weighted by Gasteiger charge is 2.08. The molecular formula is C12H19NO2S. The molecule has 0 aliphatic carbocycles. The zero-order valence-corrected chi connectivity index (χ0v) is 10.5. The summed E-state index contributed by atoms with van der Waals surface area (Å²) in [6.07, 6.45) is 1.68. The van der Waals surface area contributed by atoms with Gasteiger partial charge in [0, 0.05) is 12.2 Å². The number of sulfone groups is 1. The number of benzene rings is 1. The second-order valence-electron chi connectivity index (χ2n) is 3.80. The first-order valence-electron chi connectivity index (χ1n) is 5.63. The zero-order chi connectivity index (χ0) is 11.9.